The zero-order chi connectivity index (χ0) is 16.4. The van der Waals surface area contributed by atoms with Crippen molar-refractivity contribution in [2.75, 3.05) is 0 Å². The molecule has 0 saturated carbocycles. The molecule has 2 aromatic carbocycles. The zero-order valence-corrected chi connectivity index (χ0v) is 13.3. The Morgan fingerprint density at radius 3 is 2.83 bits per heavy atom. The van der Waals surface area contributed by atoms with Crippen LogP contribution in [0.25, 0.3) is 10.9 Å². The molecule has 0 aliphatic heterocycles. The summed E-state index contributed by atoms with van der Waals surface area (Å²) in [5.41, 5.74) is 1.07. The second kappa shape index (κ2) is 6.45. The molecule has 0 spiro atoms. The first-order valence-corrected chi connectivity index (χ1v) is 7.51. The summed E-state index contributed by atoms with van der Waals surface area (Å²) in [5.74, 6) is 0.0574. The van der Waals surface area contributed by atoms with Crippen LogP contribution in [0.15, 0.2) is 58.1 Å². The largest absolute Gasteiger partial charge is 0.435 e. The number of benzene rings is 2. The summed E-state index contributed by atoms with van der Waals surface area (Å²) in [6.45, 7) is -2.66. The van der Waals surface area contributed by atoms with Crippen LogP contribution >= 0.6 is 15.9 Å². The SMILES string of the molecule is O=c1c2cc(Br)ccc2ncn1Cc1cccc(OC(F)F)c1. The van der Waals surface area contributed by atoms with Crippen LogP contribution in [0.4, 0.5) is 8.78 Å². The van der Waals surface area contributed by atoms with Gasteiger partial charge in [-0.15, -0.1) is 0 Å². The van der Waals surface area contributed by atoms with E-state index in [0.717, 1.165) is 4.47 Å². The first-order valence-electron chi connectivity index (χ1n) is 6.71. The number of alkyl halides is 2. The maximum Gasteiger partial charge on any atom is 0.387 e. The maximum atomic E-state index is 12.5. The van der Waals surface area contributed by atoms with Crippen LogP contribution in [0.3, 0.4) is 0 Å². The summed E-state index contributed by atoms with van der Waals surface area (Å²) in [5, 5.41) is 0.488. The van der Waals surface area contributed by atoms with Gasteiger partial charge in [0.2, 0.25) is 0 Å². The summed E-state index contributed by atoms with van der Waals surface area (Å²) in [6, 6.07) is 11.5. The molecule has 3 rings (SSSR count). The lowest BCUT2D eigenvalue weighted by Gasteiger charge is -2.09. The number of aromatic nitrogens is 2. The molecule has 0 N–H and O–H groups in total. The molecule has 3 aromatic rings. The van der Waals surface area contributed by atoms with Crippen molar-refractivity contribution < 1.29 is 13.5 Å². The molecular formula is C16H11BrF2N2O2. The molecule has 0 radical (unpaired) electrons. The molecule has 1 heterocycles. The Morgan fingerprint density at radius 1 is 1.22 bits per heavy atom. The quantitative estimate of drug-likeness (QED) is 0.691. The highest BCUT2D eigenvalue weighted by Crippen LogP contribution is 2.17. The van der Waals surface area contributed by atoms with Gasteiger partial charge < -0.3 is 4.74 Å². The zero-order valence-electron chi connectivity index (χ0n) is 11.7. The number of halogens is 3. The normalized spacial score (nSPS) is 11.1. The topological polar surface area (TPSA) is 44.1 Å². The predicted octanol–water partition coefficient (Wildman–Crippen LogP) is 3.81. The Labute approximate surface area is 138 Å². The van der Waals surface area contributed by atoms with Gasteiger partial charge in [-0.05, 0) is 35.9 Å². The smallest absolute Gasteiger partial charge is 0.387 e. The Balaban J connectivity index is 1.95. The van der Waals surface area contributed by atoms with E-state index in [2.05, 4.69) is 25.7 Å². The third-order valence-electron chi connectivity index (χ3n) is 3.26. The minimum atomic E-state index is -2.88. The number of hydrogen-bond acceptors (Lipinski definition) is 3. The Hall–Kier alpha value is -2.28. The van der Waals surface area contributed by atoms with E-state index in [4.69, 9.17) is 0 Å². The fraction of sp³-hybridized carbons (Fsp3) is 0.125. The second-order valence-electron chi connectivity index (χ2n) is 4.87. The molecule has 0 amide bonds. The molecule has 0 aliphatic carbocycles. The lowest BCUT2D eigenvalue weighted by molar-refractivity contribution is -0.0498. The fourth-order valence-corrected chi connectivity index (χ4v) is 2.62. The molecular weight excluding hydrogens is 370 g/mol. The molecule has 0 bridgehead atoms. The Kier molecular flexibility index (Phi) is 4.38. The third kappa shape index (κ3) is 3.56. The van der Waals surface area contributed by atoms with Gasteiger partial charge in [0.05, 0.1) is 23.8 Å². The van der Waals surface area contributed by atoms with E-state index in [1.54, 1.807) is 24.3 Å². The minimum Gasteiger partial charge on any atom is -0.435 e. The van der Waals surface area contributed by atoms with Crippen LogP contribution < -0.4 is 10.3 Å². The van der Waals surface area contributed by atoms with Gasteiger partial charge in [-0.3, -0.25) is 9.36 Å². The van der Waals surface area contributed by atoms with Crippen LogP contribution in [0.5, 0.6) is 5.75 Å². The first kappa shape index (κ1) is 15.6. The van der Waals surface area contributed by atoms with Crippen molar-refractivity contribution in [2.45, 2.75) is 13.2 Å². The Morgan fingerprint density at radius 2 is 2.04 bits per heavy atom. The molecule has 118 valence electrons. The van der Waals surface area contributed by atoms with E-state index in [1.165, 1.54) is 23.0 Å². The Bertz CT molecular complexity index is 912. The standard InChI is InChI=1S/C16H11BrF2N2O2/c17-11-4-5-14-13(7-11)15(22)21(9-20-14)8-10-2-1-3-12(6-10)23-16(18)19/h1-7,9,16H,8H2. The van der Waals surface area contributed by atoms with Crippen molar-refractivity contribution in [1.29, 1.82) is 0 Å². The molecule has 1 aromatic heterocycles. The molecule has 0 saturated heterocycles. The highest BCUT2D eigenvalue weighted by Gasteiger charge is 2.08. The van der Waals surface area contributed by atoms with Crippen LogP contribution in [0, 0.1) is 0 Å². The van der Waals surface area contributed by atoms with E-state index in [9.17, 15) is 13.6 Å². The van der Waals surface area contributed by atoms with E-state index in [0.29, 0.717) is 16.5 Å². The van der Waals surface area contributed by atoms with Crippen molar-refractivity contribution >= 4 is 26.8 Å². The van der Waals surface area contributed by atoms with Crippen LogP contribution in [0.1, 0.15) is 5.56 Å². The van der Waals surface area contributed by atoms with Crippen LogP contribution in [-0.2, 0) is 6.54 Å². The summed E-state index contributed by atoms with van der Waals surface area (Å²) < 4.78 is 31.1. The van der Waals surface area contributed by atoms with Gasteiger partial charge in [0.25, 0.3) is 5.56 Å². The fourth-order valence-electron chi connectivity index (χ4n) is 2.26. The molecule has 0 fully saturated rings. The summed E-state index contributed by atoms with van der Waals surface area (Å²) in [4.78, 5) is 16.7. The van der Waals surface area contributed by atoms with Crippen molar-refractivity contribution in [1.82, 2.24) is 9.55 Å². The molecule has 4 nitrogen and oxygen atoms in total. The van der Waals surface area contributed by atoms with Crippen LogP contribution in [-0.4, -0.2) is 16.2 Å². The number of hydrogen-bond donors (Lipinski definition) is 0. The van der Waals surface area contributed by atoms with Crippen molar-refractivity contribution in [3.63, 3.8) is 0 Å². The van der Waals surface area contributed by atoms with Gasteiger partial charge in [-0.1, -0.05) is 28.1 Å². The van der Waals surface area contributed by atoms with Crippen molar-refractivity contribution in [3.8, 4) is 5.75 Å². The van der Waals surface area contributed by atoms with Gasteiger partial charge in [0, 0.05) is 4.47 Å². The van der Waals surface area contributed by atoms with Crippen molar-refractivity contribution in [2.24, 2.45) is 0 Å². The minimum absolute atomic E-state index is 0.0574. The van der Waals surface area contributed by atoms with Gasteiger partial charge >= 0.3 is 6.61 Å². The van der Waals surface area contributed by atoms with Gasteiger partial charge in [0.1, 0.15) is 5.75 Å². The highest BCUT2D eigenvalue weighted by atomic mass is 79.9. The van der Waals surface area contributed by atoms with Crippen molar-refractivity contribution in [3.05, 3.63) is 69.2 Å². The van der Waals surface area contributed by atoms with Gasteiger partial charge in [-0.2, -0.15) is 8.78 Å². The number of ether oxygens (including phenoxy) is 1. The van der Waals surface area contributed by atoms with Crippen LogP contribution in [0.2, 0.25) is 0 Å². The second-order valence-corrected chi connectivity index (χ2v) is 5.78. The average Bonchev–Trinajstić information content (AvgIpc) is 2.50. The lowest BCUT2D eigenvalue weighted by atomic mass is 10.2. The van der Waals surface area contributed by atoms with E-state index in [1.807, 2.05) is 6.07 Å². The predicted molar refractivity (Wildman–Crippen MR) is 85.9 cm³/mol. The van der Waals surface area contributed by atoms with E-state index >= 15 is 0 Å². The average molecular weight is 381 g/mol. The summed E-state index contributed by atoms with van der Waals surface area (Å²) in [6.07, 6.45) is 1.44. The number of rotatable bonds is 4. The molecule has 0 atom stereocenters. The van der Waals surface area contributed by atoms with Gasteiger partial charge in [0.15, 0.2) is 0 Å². The van der Waals surface area contributed by atoms with E-state index in [-0.39, 0.29) is 17.9 Å². The monoisotopic (exact) mass is 380 g/mol. The third-order valence-corrected chi connectivity index (χ3v) is 3.76. The summed E-state index contributed by atoms with van der Waals surface area (Å²) in [7, 11) is 0. The number of fused-ring (bicyclic) bond motifs is 1. The highest BCUT2D eigenvalue weighted by molar-refractivity contribution is 9.10. The summed E-state index contributed by atoms with van der Waals surface area (Å²) >= 11 is 3.33. The molecule has 23 heavy (non-hydrogen) atoms. The number of nitrogens with zero attached hydrogens (tertiary/aromatic N) is 2. The lowest BCUT2D eigenvalue weighted by Crippen LogP contribution is -2.21. The first-order chi connectivity index (χ1) is 11.0. The van der Waals surface area contributed by atoms with Gasteiger partial charge in [-0.25, -0.2) is 4.98 Å². The molecule has 0 unspecified atom stereocenters. The maximum absolute atomic E-state index is 12.5. The van der Waals surface area contributed by atoms with E-state index < -0.39 is 6.61 Å². The molecule has 7 heteroatoms. The molecule has 0 aliphatic rings.